The Morgan fingerprint density at radius 3 is 1.78 bits per heavy atom. The second-order valence-corrected chi connectivity index (χ2v) is 8.75. The third kappa shape index (κ3) is 10.6. The van der Waals surface area contributed by atoms with Crippen LogP contribution in [0.1, 0.15) is 90.4 Å². The van der Waals surface area contributed by atoms with E-state index < -0.39 is 20.8 Å². The van der Waals surface area contributed by atoms with Crippen molar-refractivity contribution in [1.29, 1.82) is 0 Å². The minimum Gasteiger partial charge on any atom is -0.508 e. The number of phenols is 2. The summed E-state index contributed by atoms with van der Waals surface area (Å²) in [4.78, 5) is -0.391. The van der Waals surface area contributed by atoms with Gasteiger partial charge in [0.15, 0.2) is 0 Å². The van der Waals surface area contributed by atoms with Gasteiger partial charge in [0.2, 0.25) is 0 Å². The fourth-order valence-corrected chi connectivity index (χ4v) is 4.11. The Balaban J connectivity index is 2.02. The van der Waals surface area contributed by atoms with Crippen LogP contribution in [0, 0.1) is 0 Å². The summed E-state index contributed by atoms with van der Waals surface area (Å²) >= 11 is 0. The number of aromatic hydroxyl groups is 2. The van der Waals surface area contributed by atoms with Crippen LogP contribution in [0.15, 0.2) is 23.1 Å². The molecule has 156 valence electrons. The van der Waals surface area contributed by atoms with E-state index in [1.807, 2.05) is 0 Å². The van der Waals surface area contributed by atoms with Gasteiger partial charge in [-0.3, -0.25) is 4.18 Å². The lowest BCUT2D eigenvalue weighted by molar-refractivity contribution is 0.303. The van der Waals surface area contributed by atoms with E-state index in [1.54, 1.807) is 0 Å². The number of hydrogen-bond acceptors (Lipinski definition) is 5. The van der Waals surface area contributed by atoms with Gasteiger partial charge in [-0.05, 0) is 18.6 Å². The van der Waals surface area contributed by atoms with Crippen molar-refractivity contribution in [3.63, 3.8) is 0 Å². The van der Waals surface area contributed by atoms with Crippen molar-refractivity contribution < 1.29 is 22.8 Å². The Morgan fingerprint density at radius 2 is 1.26 bits per heavy atom. The third-order valence-electron chi connectivity index (χ3n) is 4.70. The van der Waals surface area contributed by atoms with Crippen molar-refractivity contribution in [2.24, 2.45) is 0 Å². The van der Waals surface area contributed by atoms with Gasteiger partial charge in [-0.1, -0.05) is 84.0 Å². The zero-order valence-corrected chi connectivity index (χ0v) is 17.5. The molecule has 0 aliphatic carbocycles. The molecule has 0 aliphatic heterocycles. The lowest BCUT2D eigenvalue weighted by atomic mass is 10.0. The molecule has 0 unspecified atom stereocenters. The molecule has 0 saturated heterocycles. The van der Waals surface area contributed by atoms with E-state index in [9.17, 15) is 18.6 Å². The average Bonchev–Trinajstić information content (AvgIpc) is 2.64. The first-order valence-corrected chi connectivity index (χ1v) is 11.8. The van der Waals surface area contributed by atoms with E-state index in [0.717, 1.165) is 25.0 Å². The average molecular weight is 401 g/mol. The Morgan fingerprint density at radius 1 is 0.778 bits per heavy atom. The second kappa shape index (κ2) is 13.8. The maximum atomic E-state index is 12.0. The summed E-state index contributed by atoms with van der Waals surface area (Å²) in [5.41, 5.74) is 0. The second-order valence-electron chi connectivity index (χ2n) is 7.17. The highest BCUT2D eigenvalue weighted by Gasteiger charge is 2.20. The van der Waals surface area contributed by atoms with Gasteiger partial charge in [-0.15, -0.1) is 0 Å². The van der Waals surface area contributed by atoms with Crippen LogP contribution in [-0.2, 0) is 14.3 Å². The lowest BCUT2D eigenvalue weighted by Gasteiger charge is -2.08. The number of phenolic OH excluding ortho intramolecular Hbond substituents is 2. The smallest absolute Gasteiger partial charge is 0.300 e. The summed E-state index contributed by atoms with van der Waals surface area (Å²) in [6, 6.07) is 3.35. The molecule has 0 saturated carbocycles. The molecule has 1 rings (SSSR count). The van der Waals surface area contributed by atoms with Gasteiger partial charge in [0.25, 0.3) is 0 Å². The largest absolute Gasteiger partial charge is 0.508 e. The summed E-state index contributed by atoms with van der Waals surface area (Å²) in [5.74, 6) is -0.644. The Labute approximate surface area is 164 Å². The number of unbranched alkanes of at least 4 members (excludes halogenated alkanes) is 12. The van der Waals surface area contributed by atoms with Gasteiger partial charge in [0, 0.05) is 6.07 Å². The SMILES string of the molecule is CCCCCCCCCCCCCCCOS(=O)(=O)c1cc(O)ccc1O. The highest BCUT2D eigenvalue weighted by molar-refractivity contribution is 7.86. The summed E-state index contributed by atoms with van der Waals surface area (Å²) in [7, 11) is -4.04. The highest BCUT2D eigenvalue weighted by atomic mass is 32.2. The zero-order valence-electron chi connectivity index (χ0n) is 16.7. The van der Waals surface area contributed by atoms with Crippen LogP contribution < -0.4 is 0 Å². The van der Waals surface area contributed by atoms with Crippen molar-refractivity contribution in [2.45, 2.75) is 95.3 Å². The van der Waals surface area contributed by atoms with Crippen LogP contribution in [0.3, 0.4) is 0 Å². The standard InChI is InChI=1S/C21H36O5S/c1-2-3-4-5-6-7-8-9-10-11-12-13-14-17-26-27(24,25)21-18-19(22)15-16-20(21)23/h15-16,18,22-23H,2-14,17H2,1H3. The first-order chi connectivity index (χ1) is 13.0. The van der Waals surface area contributed by atoms with Crippen LogP contribution in [-0.4, -0.2) is 25.2 Å². The minimum absolute atomic E-state index is 0.0924. The summed E-state index contributed by atoms with van der Waals surface area (Å²) in [6.07, 6.45) is 15.8. The van der Waals surface area contributed by atoms with Gasteiger partial charge in [0.05, 0.1) is 6.61 Å². The maximum Gasteiger partial charge on any atom is 0.300 e. The van der Waals surface area contributed by atoms with E-state index in [-0.39, 0.29) is 12.4 Å². The van der Waals surface area contributed by atoms with E-state index in [2.05, 4.69) is 6.92 Å². The Hall–Kier alpha value is -1.27. The molecule has 0 bridgehead atoms. The van der Waals surface area contributed by atoms with Gasteiger partial charge in [-0.25, -0.2) is 0 Å². The van der Waals surface area contributed by atoms with Crippen molar-refractivity contribution in [3.05, 3.63) is 18.2 Å². The van der Waals surface area contributed by atoms with Gasteiger partial charge >= 0.3 is 10.1 Å². The maximum absolute atomic E-state index is 12.0. The van der Waals surface area contributed by atoms with E-state index >= 15 is 0 Å². The van der Waals surface area contributed by atoms with Gasteiger partial charge < -0.3 is 10.2 Å². The van der Waals surface area contributed by atoms with E-state index in [0.29, 0.717) is 6.42 Å². The molecule has 0 aliphatic rings. The molecule has 6 heteroatoms. The molecule has 0 radical (unpaired) electrons. The molecule has 0 amide bonds. The van der Waals surface area contributed by atoms with Crippen LogP contribution in [0.2, 0.25) is 0 Å². The molecule has 0 aromatic heterocycles. The zero-order chi connectivity index (χ0) is 20.0. The molecule has 2 N–H and O–H groups in total. The summed E-state index contributed by atoms with van der Waals surface area (Å²) < 4.78 is 29.0. The molecule has 27 heavy (non-hydrogen) atoms. The van der Waals surface area contributed by atoms with Crippen molar-refractivity contribution >= 4 is 10.1 Å². The Bertz CT molecular complexity index is 613. The molecule has 0 spiro atoms. The van der Waals surface area contributed by atoms with E-state index in [4.69, 9.17) is 4.18 Å². The van der Waals surface area contributed by atoms with Crippen LogP contribution in [0.4, 0.5) is 0 Å². The molecule has 1 aromatic carbocycles. The molecule has 0 heterocycles. The van der Waals surface area contributed by atoms with Gasteiger partial charge in [-0.2, -0.15) is 8.42 Å². The van der Waals surface area contributed by atoms with Crippen LogP contribution >= 0.6 is 0 Å². The third-order valence-corrected chi connectivity index (χ3v) is 6.04. The normalized spacial score (nSPS) is 11.7. The Kier molecular flexibility index (Phi) is 12.2. The number of benzene rings is 1. The molecular formula is C21H36O5S. The summed E-state index contributed by atoms with van der Waals surface area (Å²) in [6.45, 7) is 2.33. The fourth-order valence-electron chi connectivity index (χ4n) is 3.06. The molecule has 0 atom stereocenters. The first kappa shape index (κ1) is 23.8. The van der Waals surface area contributed by atoms with Crippen LogP contribution in [0.5, 0.6) is 11.5 Å². The quantitative estimate of drug-likeness (QED) is 0.205. The fraction of sp³-hybridized carbons (Fsp3) is 0.714. The van der Waals surface area contributed by atoms with Crippen LogP contribution in [0.25, 0.3) is 0 Å². The number of hydrogen-bond donors (Lipinski definition) is 2. The van der Waals surface area contributed by atoms with E-state index in [1.165, 1.54) is 70.3 Å². The minimum atomic E-state index is -4.04. The van der Waals surface area contributed by atoms with Crippen molar-refractivity contribution in [2.75, 3.05) is 6.61 Å². The van der Waals surface area contributed by atoms with Gasteiger partial charge in [0.1, 0.15) is 16.4 Å². The molecular weight excluding hydrogens is 364 g/mol. The molecule has 1 aromatic rings. The lowest BCUT2D eigenvalue weighted by Crippen LogP contribution is -2.08. The predicted octanol–water partition coefficient (Wildman–Crippen LogP) is 5.89. The monoisotopic (exact) mass is 400 g/mol. The summed E-state index contributed by atoms with van der Waals surface area (Å²) in [5, 5.41) is 19.0. The predicted molar refractivity (Wildman–Crippen MR) is 109 cm³/mol. The number of rotatable bonds is 16. The van der Waals surface area contributed by atoms with Crippen molar-refractivity contribution in [1.82, 2.24) is 0 Å². The molecule has 5 nitrogen and oxygen atoms in total. The topological polar surface area (TPSA) is 83.8 Å². The van der Waals surface area contributed by atoms with Crippen molar-refractivity contribution in [3.8, 4) is 11.5 Å². The molecule has 0 fully saturated rings. The first-order valence-electron chi connectivity index (χ1n) is 10.4. The highest BCUT2D eigenvalue weighted by Crippen LogP contribution is 2.28.